The van der Waals surface area contributed by atoms with Crippen LogP contribution in [0.2, 0.25) is 0 Å². The minimum atomic E-state index is -0.401. The number of rotatable bonds is 7. The lowest BCUT2D eigenvalue weighted by Crippen LogP contribution is -2.21. The fourth-order valence-corrected chi connectivity index (χ4v) is 2.96. The van der Waals surface area contributed by atoms with Crippen LogP contribution < -0.4 is 10.6 Å². The lowest BCUT2D eigenvalue weighted by atomic mass is 9.87. The predicted molar refractivity (Wildman–Crippen MR) is 122 cm³/mol. The summed E-state index contributed by atoms with van der Waals surface area (Å²) in [5.41, 5.74) is 2.41. The maximum absolute atomic E-state index is 12.6. The highest BCUT2D eigenvalue weighted by atomic mass is 16.5. The molecule has 2 amide bonds. The smallest absolute Gasteiger partial charge is 0.338 e. The van der Waals surface area contributed by atoms with Crippen molar-refractivity contribution >= 4 is 23.5 Å². The second-order valence-electron chi connectivity index (χ2n) is 7.78. The van der Waals surface area contributed by atoms with Crippen LogP contribution in [0.3, 0.4) is 0 Å². The van der Waals surface area contributed by atoms with E-state index in [1.807, 2.05) is 42.5 Å². The van der Waals surface area contributed by atoms with Crippen LogP contribution in [0, 0.1) is 0 Å². The number of benzene rings is 2. The fraction of sp³-hybridized carbons (Fsp3) is 0.292. The number of urea groups is 1. The Morgan fingerprint density at radius 1 is 1.00 bits per heavy atom. The van der Waals surface area contributed by atoms with Gasteiger partial charge in [-0.05, 0) is 43.7 Å². The molecule has 2 aromatic carbocycles. The highest BCUT2D eigenvalue weighted by Gasteiger charge is 2.24. The van der Waals surface area contributed by atoms with E-state index in [2.05, 4.69) is 31.4 Å². The molecule has 3 aromatic rings. The van der Waals surface area contributed by atoms with Gasteiger partial charge in [0.05, 0.1) is 23.6 Å². The SMILES string of the molecule is CCOC(=O)c1cccc(-n2nc(C(C)(C)CC)cc2NC(=O)Nc2ccccc2)c1. The number of aromatic nitrogens is 2. The van der Waals surface area contributed by atoms with E-state index < -0.39 is 5.97 Å². The minimum Gasteiger partial charge on any atom is -0.462 e. The number of ether oxygens (including phenoxy) is 1. The number of esters is 1. The Kier molecular flexibility index (Phi) is 6.74. The number of para-hydroxylation sites is 1. The maximum atomic E-state index is 12.6. The molecule has 0 aliphatic carbocycles. The van der Waals surface area contributed by atoms with Crippen molar-refractivity contribution in [1.82, 2.24) is 9.78 Å². The summed E-state index contributed by atoms with van der Waals surface area (Å²) < 4.78 is 6.75. The number of amides is 2. The van der Waals surface area contributed by atoms with Crippen molar-refractivity contribution in [1.29, 1.82) is 0 Å². The monoisotopic (exact) mass is 420 g/mol. The molecule has 2 N–H and O–H groups in total. The van der Waals surface area contributed by atoms with Gasteiger partial charge >= 0.3 is 12.0 Å². The van der Waals surface area contributed by atoms with Crippen molar-refractivity contribution in [3.8, 4) is 5.69 Å². The van der Waals surface area contributed by atoms with Gasteiger partial charge in [0.1, 0.15) is 5.82 Å². The summed E-state index contributed by atoms with van der Waals surface area (Å²) in [6.45, 7) is 8.36. The lowest BCUT2D eigenvalue weighted by Gasteiger charge is -2.19. The molecule has 0 aliphatic heterocycles. The molecule has 1 heterocycles. The summed E-state index contributed by atoms with van der Waals surface area (Å²) in [6.07, 6.45) is 0.878. The zero-order valence-corrected chi connectivity index (χ0v) is 18.3. The molecule has 0 aliphatic rings. The number of hydrogen-bond donors (Lipinski definition) is 2. The van der Waals surface area contributed by atoms with Gasteiger partial charge in [0, 0.05) is 17.2 Å². The molecule has 0 unspecified atom stereocenters. The van der Waals surface area contributed by atoms with Gasteiger partial charge in [-0.15, -0.1) is 0 Å². The molecule has 0 spiro atoms. The van der Waals surface area contributed by atoms with E-state index in [4.69, 9.17) is 9.84 Å². The second-order valence-corrected chi connectivity index (χ2v) is 7.78. The predicted octanol–water partition coefficient (Wildman–Crippen LogP) is 5.38. The Balaban J connectivity index is 1.96. The summed E-state index contributed by atoms with van der Waals surface area (Å²) in [5.74, 6) is 0.105. The van der Waals surface area contributed by atoms with E-state index in [0.717, 1.165) is 12.1 Å². The Morgan fingerprint density at radius 3 is 2.42 bits per heavy atom. The summed E-state index contributed by atoms with van der Waals surface area (Å²) in [7, 11) is 0. The Morgan fingerprint density at radius 2 is 1.74 bits per heavy atom. The number of anilines is 2. The molecule has 3 rings (SSSR count). The van der Waals surface area contributed by atoms with Crippen LogP contribution >= 0.6 is 0 Å². The number of carbonyl (C=O) groups excluding carboxylic acids is 2. The number of nitrogens with zero attached hydrogens (tertiary/aromatic N) is 2. The van der Waals surface area contributed by atoms with Gasteiger partial charge in [0.25, 0.3) is 0 Å². The first-order chi connectivity index (χ1) is 14.8. The Hall–Kier alpha value is -3.61. The van der Waals surface area contributed by atoms with Gasteiger partial charge < -0.3 is 10.1 Å². The third-order valence-electron chi connectivity index (χ3n) is 5.16. The summed E-state index contributed by atoms with van der Waals surface area (Å²) >= 11 is 0. The fourth-order valence-electron chi connectivity index (χ4n) is 2.96. The van der Waals surface area contributed by atoms with Crippen molar-refractivity contribution in [3.05, 3.63) is 71.9 Å². The van der Waals surface area contributed by atoms with E-state index >= 15 is 0 Å². The van der Waals surface area contributed by atoms with Crippen LogP contribution in [0.25, 0.3) is 5.69 Å². The largest absolute Gasteiger partial charge is 0.462 e. The summed E-state index contributed by atoms with van der Waals surface area (Å²) in [5, 5.41) is 10.4. The Bertz CT molecular complexity index is 1060. The molecule has 0 bridgehead atoms. The van der Waals surface area contributed by atoms with Crippen LogP contribution in [0.5, 0.6) is 0 Å². The van der Waals surface area contributed by atoms with Crippen molar-refractivity contribution in [2.45, 2.75) is 39.5 Å². The third kappa shape index (κ3) is 5.31. The van der Waals surface area contributed by atoms with E-state index in [1.54, 1.807) is 29.8 Å². The van der Waals surface area contributed by atoms with Gasteiger partial charge in [-0.3, -0.25) is 5.32 Å². The van der Waals surface area contributed by atoms with Crippen LogP contribution in [-0.4, -0.2) is 28.4 Å². The molecular weight excluding hydrogens is 392 g/mol. The van der Waals surface area contributed by atoms with Gasteiger partial charge in [-0.25, -0.2) is 14.3 Å². The molecule has 0 radical (unpaired) electrons. The highest BCUT2D eigenvalue weighted by molar-refractivity contribution is 5.99. The maximum Gasteiger partial charge on any atom is 0.338 e. The zero-order valence-electron chi connectivity index (χ0n) is 18.3. The minimum absolute atomic E-state index is 0.184. The van der Waals surface area contributed by atoms with Crippen molar-refractivity contribution < 1.29 is 14.3 Å². The molecule has 7 heteroatoms. The van der Waals surface area contributed by atoms with Crippen molar-refractivity contribution in [2.75, 3.05) is 17.2 Å². The first-order valence-electron chi connectivity index (χ1n) is 10.3. The quantitative estimate of drug-likeness (QED) is 0.503. The van der Waals surface area contributed by atoms with Crippen molar-refractivity contribution in [3.63, 3.8) is 0 Å². The molecule has 0 saturated carbocycles. The molecular formula is C24H28N4O3. The van der Waals surface area contributed by atoms with Crippen molar-refractivity contribution in [2.24, 2.45) is 0 Å². The lowest BCUT2D eigenvalue weighted by molar-refractivity contribution is 0.0526. The molecule has 0 fully saturated rings. The molecule has 0 saturated heterocycles. The third-order valence-corrected chi connectivity index (χ3v) is 5.16. The molecule has 162 valence electrons. The molecule has 1 aromatic heterocycles. The first-order valence-corrected chi connectivity index (χ1v) is 10.3. The van der Waals surface area contributed by atoms with Crippen LogP contribution in [0.4, 0.5) is 16.3 Å². The number of hydrogen-bond acceptors (Lipinski definition) is 4. The van der Waals surface area contributed by atoms with Gasteiger partial charge in [-0.1, -0.05) is 45.0 Å². The summed E-state index contributed by atoms with van der Waals surface area (Å²) in [4.78, 5) is 24.8. The van der Waals surface area contributed by atoms with E-state index in [9.17, 15) is 9.59 Å². The number of nitrogens with one attached hydrogen (secondary N) is 2. The van der Waals surface area contributed by atoms with Crippen LogP contribution in [0.15, 0.2) is 60.7 Å². The van der Waals surface area contributed by atoms with Gasteiger partial charge in [-0.2, -0.15) is 5.10 Å². The Labute approximate surface area is 182 Å². The molecule has 7 nitrogen and oxygen atoms in total. The molecule has 0 atom stereocenters. The topological polar surface area (TPSA) is 85.2 Å². The first kappa shape index (κ1) is 22.1. The standard InChI is InChI=1S/C24H28N4O3/c1-5-24(3,4)20-16-21(26-23(30)25-18-12-8-7-9-13-18)28(27-20)19-14-10-11-17(15-19)22(29)31-6-2/h7-16H,5-6H2,1-4H3,(H2,25,26,30). The van der Waals surface area contributed by atoms with Crippen LogP contribution in [0.1, 0.15) is 50.2 Å². The van der Waals surface area contributed by atoms with E-state index in [0.29, 0.717) is 29.4 Å². The van der Waals surface area contributed by atoms with Gasteiger partial charge in [0.2, 0.25) is 0 Å². The van der Waals surface area contributed by atoms with E-state index in [-0.39, 0.29) is 11.4 Å². The summed E-state index contributed by atoms with van der Waals surface area (Å²) in [6, 6.07) is 17.7. The zero-order chi connectivity index (χ0) is 22.4. The van der Waals surface area contributed by atoms with Gasteiger partial charge in [0.15, 0.2) is 0 Å². The average molecular weight is 421 g/mol. The van der Waals surface area contributed by atoms with Crippen LogP contribution in [-0.2, 0) is 10.2 Å². The molecule has 31 heavy (non-hydrogen) atoms. The normalized spacial score (nSPS) is 11.1. The van der Waals surface area contributed by atoms with E-state index in [1.165, 1.54) is 0 Å². The number of carbonyl (C=O) groups is 2. The average Bonchev–Trinajstić information content (AvgIpc) is 3.19. The second kappa shape index (κ2) is 9.47. The highest BCUT2D eigenvalue weighted by Crippen LogP contribution is 2.29.